The number of para-hydroxylation sites is 1. The quantitative estimate of drug-likeness (QED) is 0.189. The van der Waals surface area contributed by atoms with Gasteiger partial charge in [0.05, 0.1) is 0 Å². The third-order valence-corrected chi connectivity index (χ3v) is 14.4. The van der Waals surface area contributed by atoms with Gasteiger partial charge in [-0.05, 0) is 122 Å². The van der Waals surface area contributed by atoms with Crippen molar-refractivity contribution in [1.29, 1.82) is 0 Å². The molecule has 1 aliphatic heterocycles. The number of allylic oxidation sites excluding steroid dienone is 9. The van der Waals surface area contributed by atoms with E-state index in [1.54, 1.807) is 0 Å². The Bertz CT molecular complexity index is 3180. The smallest absolute Gasteiger partial charge is 0.145 e. The maximum atomic E-state index is 6.29. The number of hydrogen-bond acceptors (Lipinski definition) is 3. The summed E-state index contributed by atoms with van der Waals surface area (Å²) in [4.78, 5) is 5.31. The van der Waals surface area contributed by atoms with E-state index in [1.165, 1.54) is 61.2 Å². The van der Waals surface area contributed by atoms with Crippen LogP contribution in [0, 0.1) is 11.8 Å². The summed E-state index contributed by atoms with van der Waals surface area (Å²) in [5.41, 5.74) is 21.5. The van der Waals surface area contributed by atoms with Crippen LogP contribution in [0.1, 0.15) is 85.6 Å². The van der Waals surface area contributed by atoms with Gasteiger partial charge in [0.15, 0.2) is 0 Å². The molecule has 3 nitrogen and oxygen atoms in total. The Kier molecular flexibility index (Phi) is 7.94. The van der Waals surface area contributed by atoms with Crippen LogP contribution in [0.2, 0.25) is 0 Å². The Morgan fingerprint density at radius 3 is 2.02 bits per heavy atom. The molecular formula is C58H48N2O. The third-order valence-electron chi connectivity index (χ3n) is 14.4. The normalized spacial score (nSPS) is 21.5. The highest BCUT2D eigenvalue weighted by Gasteiger charge is 2.41. The zero-order valence-corrected chi connectivity index (χ0v) is 35.2. The summed E-state index contributed by atoms with van der Waals surface area (Å²) < 4.78 is 6.29. The van der Waals surface area contributed by atoms with Crippen molar-refractivity contribution in [2.45, 2.75) is 57.5 Å². The molecule has 7 aromatic rings. The van der Waals surface area contributed by atoms with Gasteiger partial charge in [-0.2, -0.15) is 0 Å². The SMILES string of the molecule is CC1(C)c2ccccc2-c2cc3c(cc21)-c1cc(C2=CCC(C4=CCC(C5=NC(c6ccccc6)NC(c6ccc7c(c6)oc6ccccc67)=C5)C=C4)C=C2)ccc1C3(C)C. The number of furan rings is 1. The monoisotopic (exact) mass is 788 g/mol. The number of hydrogen-bond donors (Lipinski definition) is 1. The number of fused-ring (bicyclic) bond motifs is 9. The van der Waals surface area contributed by atoms with E-state index in [4.69, 9.17) is 9.41 Å². The van der Waals surface area contributed by atoms with Gasteiger partial charge in [0, 0.05) is 50.4 Å². The predicted molar refractivity (Wildman–Crippen MR) is 254 cm³/mol. The number of rotatable bonds is 5. The van der Waals surface area contributed by atoms with Gasteiger partial charge in [-0.1, -0.05) is 155 Å². The van der Waals surface area contributed by atoms with Crippen LogP contribution in [0.25, 0.3) is 55.5 Å². The Morgan fingerprint density at radius 2 is 1.23 bits per heavy atom. The molecule has 1 N–H and O–H groups in total. The lowest BCUT2D eigenvalue weighted by atomic mass is 9.79. The Morgan fingerprint density at radius 1 is 0.557 bits per heavy atom. The molecule has 6 aromatic carbocycles. The van der Waals surface area contributed by atoms with Crippen molar-refractivity contribution in [3.63, 3.8) is 0 Å². The number of nitrogens with one attached hydrogen (secondary N) is 1. The first-order valence-corrected chi connectivity index (χ1v) is 21.9. The second-order valence-corrected chi connectivity index (χ2v) is 18.6. The van der Waals surface area contributed by atoms with Gasteiger partial charge in [0.1, 0.15) is 17.3 Å². The highest BCUT2D eigenvalue weighted by Crippen LogP contribution is 2.56. The van der Waals surface area contributed by atoms with Crippen LogP contribution in [0.4, 0.5) is 0 Å². The summed E-state index contributed by atoms with van der Waals surface area (Å²) in [7, 11) is 0. The lowest BCUT2D eigenvalue weighted by Crippen LogP contribution is -2.27. The van der Waals surface area contributed by atoms with Crippen molar-refractivity contribution in [1.82, 2.24) is 5.32 Å². The largest absolute Gasteiger partial charge is 0.456 e. The Hall–Kier alpha value is -6.71. The van der Waals surface area contributed by atoms with Crippen LogP contribution in [0.3, 0.4) is 0 Å². The van der Waals surface area contributed by atoms with E-state index in [0.29, 0.717) is 5.92 Å². The van der Waals surface area contributed by atoms with Gasteiger partial charge in [-0.15, -0.1) is 0 Å². The maximum Gasteiger partial charge on any atom is 0.145 e. The lowest BCUT2D eigenvalue weighted by Gasteiger charge is -2.28. The van der Waals surface area contributed by atoms with Gasteiger partial charge in [-0.25, -0.2) is 0 Å². The van der Waals surface area contributed by atoms with E-state index >= 15 is 0 Å². The van der Waals surface area contributed by atoms with Crippen molar-refractivity contribution >= 4 is 38.9 Å². The fourth-order valence-electron chi connectivity index (χ4n) is 10.9. The third kappa shape index (κ3) is 5.67. The molecule has 0 saturated carbocycles. The van der Waals surface area contributed by atoms with E-state index in [2.05, 4.69) is 191 Å². The minimum Gasteiger partial charge on any atom is -0.456 e. The Labute approximate surface area is 358 Å². The van der Waals surface area contributed by atoms with Crippen molar-refractivity contribution in [2.24, 2.45) is 16.8 Å². The molecule has 12 rings (SSSR count). The molecule has 2 heterocycles. The van der Waals surface area contributed by atoms with Crippen molar-refractivity contribution < 1.29 is 4.42 Å². The second kappa shape index (κ2) is 13.4. The molecule has 0 radical (unpaired) electrons. The summed E-state index contributed by atoms with van der Waals surface area (Å²) in [6.07, 6.45) is 18.4. The standard InChI is InChI=1S/C58H48N2O/c1-57(2)48-16-10-8-14-42(48)46-32-51-47(33-50(46)57)45-30-40(27-29-49(45)58(51,3)4)37-20-18-35(19-21-37)36-22-24-38(25-23-36)52-34-53(60-56(59-52)39-12-6-5-7-13-39)41-26-28-44-43-15-9-11-17-54(43)61-55(44)31-41/h5-18,20-24,26-35,38,56,60H,19,25H2,1-4H3. The highest BCUT2D eigenvalue weighted by atomic mass is 16.3. The molecule has 3 atom stereocenters. The topological polar surface area (TPSA) is 37.5 Å². The fraction of sp³-hybridized carbons (Fsp3) is 0.190. The average molecular weight is 789 g/mol. The molecule has 3 heteroatoms. The number of benzene rings is 6. The van der Waals surface area contributed by atoms with E-state index in [1.807, 2.05) is 12.1 Å². The van der Waals surface area contributed by atoms with Gasteiger partial charge in [-0.3, -0.25) is 4.99 Å². The molecule has 3 unspecified atom stereocenters. The maximum absolute atomic E-state index is 6.29. The average Bonchev–Trinajstić information content (AvgIpc) is 3.87. The molecule has 0 bridgehead atoms. The molecule has 0 fully saturated rings. The fourth-order valence-corrected chi connectivity index (χ4v) is 10.9. The van der Waals surface area contributed by atoms with Crippen LogP contribution in [0.15, 0.2) is 185 Å². The first-order valence-electron chi connectivity index (χ1n) is 21.9. The molecule has 0 saturated heterocycles. The summed E-state index contributed by atoms with van der Waals surface area (Å²) in [6, 6.07) is 46.6. The molecule has 0 spiro atoms. The van der Waals surface area contributed by atoms with E-state index in [0.717, 1.165) is 57.3 Å². The first kappa shape index (κ1) is 36.2. The van der Waals surface area contributed by atoms with Crippen LogP contribution in [0.5, 0.6) is 0 Å². The molecule has 296 valence electrons. The summed E-state index contributed by atoms with van der Waals surface area (Å²) >= 11 is 0. The summed E-state index contributed by atoms with van der Waals surface area (Å²) in [6.45, 7) is 9.56. The number of nitrogens with zero attached hydrogens (tertiary/aromatic N) is 1. The molecule has 1 aromatic heterocycles. The van der Waals surface area contributed by atoms with Gasteiger partial charge in [0.25, 0.3) is 0 Å². The van der Waals surface area contributed by atoms with E-state index < -0.39 is 0 Å². The minimum atomic E-state index is -0.172. The summed E-state index contributed by atoms with van der Waals surface area (Å²) in [5, 5.41) is 6.03. The molecule has 0 amide bonds. The van der Waals surface area contributed by atoms with Crippen molar-refractivity contribution in [3.05, 3.63) is 214 Å². The minimum absolute atomic E-state index is 0.0189. The van der Waals surface area contributed by atoms with Gasteiger partial charge in [0.2, 0.25) is 0 Å². The van der Waals surface area contributed by atoms with E-state index in [9.17, 15) is 0 Å². The molecule has 61 heavy (non-hydrogen) atoms. The zero-order chi connectivity index (χ0) is 41.0. The van der Waals surface area contributed by atoms with Crippen LogP contribution < -0.4 is 5.32 Å². The highest BCUT2D eigenvalue weighted by molar-refractivity contribution is 6.07. The number of aliphatic imine (C=N–C) groups is 1. The van der Waals surface area contributed by atoms with Crippen LogP contribution >= 0.6 is 0 Å². The van der Waals surface area contributed by atoms with E-state index in [-0.39, 0.29) is 22.9 Å². The molecule has 4 aliphatic carbocycles. The van der Waals surface area contributed by atoms with Gasteiger partial charge < -0.3 is 9.73 Å². The van der Waals surface area contributed by atoms with Crippen LogP contribution in [-0.4, -0.2) is 5.71 Å². The van der Waals surface area contributed by atoms with Crippen LogP contribution in [-0.2, 0) is 10.8 Å². The van der Waals surface area contributed by atoms with Crippen molar-refractivity contribution in [3.8, 4) is 22.3 Å². The predicted octanol–water partition coefficient (Wildman–Crippen LogP) is 14.4. The Balaban J connectivity index is 0.793. The lowest BCUT2D eigenvalue weighted by molar-refractivity contribution is 0.650. The first-order chi connectivity index (χ1) is 29.7. The van der Waals surface area contributed by atoms with Crippen molar-refractivity contribution in [2.75, 3.05) is 0 Å². The van der Waals surface area contributed by atoms with Gasteiger partial charge >= 0.3 is 0 Å². The molecule has 5 aliphatic rings. The summed E-state index contributed by atoms with van der Waals surface area (Å²) in [5.74, 6) is 0.551. The second-order valence-electron chi connectivity index (χ2n) is 18.6. The molecular weight excluding hydrogens is 741 g/mol. The zero-order valence-electron chi connectivity index (χ0n) is 35.2.